The summed E-state index contributed by atoms with van der Waals surface area (Å²) in [5, 5.41) is 13.2. The van der Waals surface area contributed by atoms with E-state index >= 15 is 0 Å². The van der Waals surface area contributed by atoms with Crippen LogP contribution >= 0.6 is 22.9 Å². The SMILES string of the molecule is OC(c1ccc(Cl)cc1)(c1ccsc1)C(F)(F)F. The fourth-order valence-electron chi connectivity index (χ4n) is 1.66. The van der Waals surface area contributed by atoms with Gasteiger partial charge >= 0.3 is 6.18 Å². The van der Waals surface area contributed by atoms with Crippen LogP contribution in [-0.2, 0) is 5.60 Å². The molecule has 0 aliphatic carbocycles. The van der Waals surface area contributed by atoms with Crippen molar-refractivity contribution in [1.29, 1.82) is 0 Å². The Hall–Kier alpha value is -1.04. The van der Waals surface area contributed by atoms with E-state index in [0.29, 0.717) is 5.02 Å². The standard InChI is InChI=1S/C12H8ClF3OS/c13-10-3-1-8(2-4-10)11(17,12(14,15)16)9-5-6-18-7-9/h1-7,17H. The number of rotatable bonds is 2. The van der Waals surface area contributed by atoms with E-state index in [9.17, 15) is 18.3 Å². The molecule has 0 bridgehead atoms. The quantitative estimate of drug-likeness (QED) is 0.879. The molecule has 0 saturated heterocycles. The second-order valence-electron chi connectivity index (χ2n) is 3.73. The first-order valence-electron chi connectivity index (χ1n) is 4.93. The number of halogens is 4. The van der Waals surface area contributed by atoms with E-state index in [2.05, 4.69) is 0 Å². The Labute approximate surface area is 110 Å². The van der Waals surface area contributed by atoms with E-state index in [1.54, 1.807) is 0 Å². The van der Waals surface area contributed by atoms with Crippen LogP contribution in [0.1, 0.15) is 11.1 Å². The summed E-state index contributed by atoms with van der Waals surface area (Å²) in [6, 6.07) is 6.24. The molecule has 0 aliphatic heterocycles. The summed E-state index contributed by atoms with van der Waals surface area (Å²) in [6.45, 7) is 0. The van der Waals surface area contributed by atoms with Crippen LogP contribution in [0.15, 0.2) is 41.1 Å². The molecule has 0 spiro atoms. The molecule has 0 aliphatic rings. The summed E-state index contributed by atoms with van der Waals surface area (Å²) in [7, 11) is 0. The van der Waals surface area contributed by atoms with Crippen LogP contribution in [0.3, 0.4) is 0 Å². The van der Waals surface area contributed by atoms with Gasteiger partial charge in [0.2, 0.25) is 5.60 Å². The first-order valence-corrected chi connectivity index (χ1v) is 6.25. The Balaban J connectivity index is 2.60. The zero-order valence-electron chi connectivity index (χ0n) is 8.91. The Morgan fingerprint density at radius 3 is 2.06 bits per heavy atom. The maximum Gasteiger partial charge on any atom is 0.425 e. The molecule has 1 heterocycles. The number of hydrogen-bond donors (Lipinski definition) is 1. The van der Waals surface area contributed by atoms with E-state index in [1.165, 1.54) is 41.1 Å². The first-order chi connectivity index (χ1) is 8.35. The fourth-order valence-corrected chi connectivity index (χ4v) is 2.48. The van der Waals surface area contributed by atoms with Crippen molar-refractivity contribution in [3.05, 3.63) is 57.2 Å². The number of aliphatic hydroxyl groups is 1. The minimum atomic E-state index is -4.80. The van der Waals surface area contributed by atoms with Gasteiger partial charge in [-0.2, -0.15) is 24.5 Å². The normalized spacial score (nSPS) is 15.4. The molecule has 6 heteroatoms. The van der Waals surface area contributed by atoms with Crippen molar-refractivity contribution < 1.29 is 18.3 Å². The molecule has 0 radical (unpaired) electrons. The van der Waals surface area contributed by atoms with E-state index in [1.807, 2.05) is 0 Å². The highest BCUT2D eigenvalue weighted by Gasteiger charge is 2.56. The monoisotopic (exact) mass is 292 g/mol. The Morgan fingerprint density at radius 1 is 1.00 bits per heavy atom. The minimum absolute atomic E-state index is 0.192. The Kier molecular flexibility index (Phi) is 3.40. The van der Waals surface area contributed by atoms with Crippen molar-refractivity contribution in [2.45, 2.75) is 11.8 Å². The summed E-state index contributed by atoms with van der Waals surface area (Å²) in [5.74, 6) is 0. The van der Waals surface area contributed by atoms with Gasteiger partial charge < -0.3 is 5.11 Å². The van der Waals surface area contributed by atoms with Crippen LogP contribution in [-0.4, -0.2) is 11.3 Å². The molecule has 2 aromatic rings. The van der Waals surface area contributed by atoms with Crippen LogP contribution in [0, 0.1) is 0 Å². The zero-order chi connectivity index (χ0) is 13.4. The van der Waals surface area contributed by atoms with E-state index in [0.717, 1.165) is 11.3 Å². The van der Waals surface area contributed by atoms with Crippen molar-refractivity contribution in [3.63, 3.8) is 0 Å². The largest absolute Gasteiger partial charge is 0.425 e. The van der Waals surface area contributed by atoms with Gasteiger partial charge in [-0.3, -0.25) is 0 Å². The fraction of sp³-hybridized carbons (Fsp3) is 0.167. The third-order valence-electron chi connectivity index (χ3n) is 2.61. The van der Waals surface area contributed by atoms with Gasteiger partial charge in [0.1, 0.15) is 0 Å². The third-order valence-corrected chi connectivity index (χ3v) is 3.55. The maximum atomic E-state index is 13.2. The second-order valence-corrected chi connectivity index (χ2v) is 4.94. The number of thiophene rings is 1. The molecule has 2 rings (SSSR count). The smallest absolute Gasteiger partial charge is 0.372 e. The summed E-state index contributed by atoms with van der Waals surface area (Å²) >= 11 is 6.73. The van der Waals surface area contributed by atoms with Crippen LogP contribution < -0.4 is 0 Å². The summed E-state index contributed by atoms with van der Waals surface area (Å²) < 4.78 is 39.5. The molecule has 1 aromatic carbocycles. The highest BCUT2D eigenvalue weighted by Crippen LogP contribution is 2.44. The van der Waals surface area contributed by atoms with E-state index in [4.69, 9.17) is 11.6 Å². The molecule has 0 saturated carbocycles. The number of alkyl halides is 3. The molecule has 1 N–H and O–H groups in total. The number of benzene rings is 1. The van der Waals surface area contributed by atoms with Gasteiger partial charge in [0, 0.05) is 10.6 Å². The zero-order valence-corrected chi connectivity index (χ0v) is 10.5. The Morgan fingerprint density at radius 2 is 1.61 bits per heavy atom. The van der Waals surface area contributed by atoms with E-state index < -0.39 is 11.8 Å². The van der Waals surface area contributed by atoms with Gasteiger partial charge in [-0.05, 0) is 34.5 Å². The van der Waals surface area contributed by atoms with Crippen LogP contribution in [0.4, 0.5) is 13.2 Å². The molecule has 18 heavy (non-hydrogen) atoms. The van der Waals surface area contributed by atoms with Gasteiger partial charge in [0.05, 0.1) is 0 Å². The van der Waals surface area contributed by atoms with Crippen molar-refractivity contribution in [2.75, 3.05) is 0 Å². The summed E-state index contributed by atoms with van der Waals surface area (Å²) in [5.41, 5.74) is -3.45. The van der Waals surface area contributed by atoms with Gasteiger partial charge in [0.15, 0.2) is 0 Å². The molecule has 1 unspecified atom stereocenters. The molecule has 0 amide bonds. The first kappa shape index (κ1) is 13.4. The minimum Gasteiger partial charge on any atom is -0.372 e. The molecule has 1 atom stereocenters. The maximum absolute atomic E-state index is 13.2. The van der Waals surface area contributed by atoms with Crippen LogP contribution in [0.5, 0.6) is 0 Å². The molecule has 1 nitrogen and oxygen atoms in total. The van der Waals surface area contributed by atoms with Crippen molar-refractivity contribution in [3.8, 4) is 0 Å². The number of hydrogen-bond acceptors (Lipinski definition) is 2. The van der Waals surface area contributed by atoms with Crippen LogP contribution in [0.25, 0.3) is 0 Å². The third kappa shape index (κ3) is 2.13. The van der Waals surface area contributed by atoms with E-state index in [-0.39, 0.29) is 11.1 Å². The lowest BCUT2D eigenvalue weighted by molar-refractivity contribution is -0.248. The molecule has 1 aromatic heterocycles. The van der Waals surface area contributed by atoms with Crippen LogP contribution in [0.2, 0.25) is 5.02 Å². The lowest BCUT2D eigenvalue weighted by atomic mass is 9.87. The highest BCUT2D eigenvalue weighted by molar-refractivity contribution is 7.08. The van der Waals surface area contributed by atoms with Crippen molar-refractivity contribution in [2.24, 2.45) is 0 Å². The lowest BCUT2D eigenvalue weighted by Gasteiger charge is -2.30. The second kappa shape index (κ2) is 4.57. The Bertz CT molecular complexity index is 521. The predicted molar refractivity (Wildman–Crippen MR) is 64.8 cm³/mol. The highest BCUT2D eigenvalue weighted by atomic mass is 35.5. The van der Waals surface area contributed by atoms with Gasteiger partial charge in [0.25, 0.3) is 0 Å². The summed E-state index contributed by atoms with van der Waals surface area (Å²) in [6.07, 6.45) is -4.80. The average molecular weight is 293 g/mol. The topological polar surface area (TPSA) is 20.2 Å². The molecular formula is C12H8ClF3OS. The lowest BCUT2D eigenvalue weighted by Crippen LogP contribution is -2.43. The molecule has 96 valence electrons. The van der Waals surface area contributed by atoms with Gasteiger partial charge in [-0.25, -0.2) is 0 Å². The van der Waals surface area contributed by atoms with Gasteiger partial charge in [-0.1, -0.05) is 23.7 Å². The predicted octanol–water partition coefficient (Wildman–Crippen LogP) is 4.20. The molecule has 0 fully saturated rings. The summed E-state index contributed by atoms with van der Waals surface area (Å²) in [4.78, 5) is 0. The average Bonchev–Trinajstić information content (AvgIpc) is 2.81. The van der Waals surface area contributed by atoms with Gasteiger partial charge in [-0.15, -0.1) is 0 Å². The molecular weight excluding hydrogens is 285 g/mol. The van der Waals surface area contributed by atoms with Crippen molar-refractivity contribution >= 4 is 22.9 Å². The van der Waals surface area contributed by atoms with Crippen molar-refractivity contribution in [1.82, 2.24) is 0 Å².